The molecule has 24 heavy (non-hydrogen) atoms. The maximum Gasteiger partial charge on any atom is 0.279 e. The zero-order valence-electron chi connectivity index (χ0n) is 12.8. The number of halogens is 2. The van der Waals surface area contributed by atoms with E-state index in [1.807, 2.05) is 31.2 Å². The van der Waals surface area contributed by atoms with E-state index < -0.39 is 0 Å². The lowest BCUT2D eigenvalue weighted by Gasteiger charge is -2.01. The van der Waals surface area contributed by atoms with E-state index in [0.717, 1.165) is 5.56 Å². The molecule has 0 bridgehead atoms. The molecule has 2 heterocycles. The molecule has 0 aliphatic heterocycles. The van der Waals surface area contributed by atoms with Crippen LogP contribution in [0.1, 0.15) is 23.0 Å². The van der Waals surface area contributed by atoms with Gasteiger partial charge in [-0.1, -0.05) is 23.7 Å². The van der Waals surface area contributed by atoms with Crippen molar-refractivity contribution in [1.82, 2.24) is 24.5 Å². The van der Waals surface area contributed by atoms with Crippen LogP contribution in [0.15, 0.2) is 41.3 Å². The van der Waals surface area contributed by atoms with Gasteiger partial charge >= 0.3 is 0 Å². The predicted molar refractivity (Wildman–Crippen MR) is 94.1 cm³/mol. The Balaban J connectivity index is 1.68. The lowest BCUT2D eigenvalue weighted by atomic mass is 10.2. The zero-order valence-corrected chi connectivity index (χ0v) is 15.1. The van der Waals surface area contributed by atoms with Gasteiger partial charge in [0.05, 0.1) is 11.0 Å². The molecule has 3 aromatic rings. The van der Waals surface area contributed by atoms with Gasteiger partial charge in [-0.15, -0.1) is 5.10 Å². The van der Waals surface area contributed by atoms with Crippen LogP contribution < -0.4 is 5.32 Å². The Morgan fingerprint density at radius 2 is 2.00 bits per heavy atom. The maximum absolute atomic E-state index is 12.2. The minimum atomic E-state index is -0.363. The molecule has 1 N–H and O–H groups in total. The third-order valence-electron chi connectivity index (χ3n) is 3.28. The van der Waals surface area contributed by atoms with Crippen molar-refractivity contribution in [3.05, 3.63) is 57.5 Å². The van der Waals surface area contributed by atoms with E-state index in [9.17, 15) is 4.79 Å². The molecule has 7 nitrogen and oxygen atoms in total. The van der Waals surface area contributed by atoms with Crippen molar-refractivity contribution in [2.45, 2.75) is 20.0 Å². The minimum Gasteiger partial charge on any atom is -0.288 e. The van der Waals surface area contributed by atoms with Crippen molar-refractivity contribution in [2.75, 3.05) is 5.32 Å². The summed E-state index contributed by atoms with van der Waals surface area (Å²) in [5.41, 5.74) is 1.33. The molecule has 124 valence electrons. The Labute approximate surface area is 151 Å². The highest BCUT2D eigenvalue weighted by atomic mass is 79.9. The smallest absolute Gasteiger partial charge is 0.279 e. The van der Waals surface area contributed by atoms with Crippen molar-refractivity contribution in [3.63, 3.8) is 0 Å². The SMILES string of the molecule is CCn1cc(Br)c(C(=O)Nc2ncn(Cc3ccc(Cl)cc3)n2)n1. The van der Waals surface area contributed by atoms with Crippen LogP contribution in [0.25, 0.3) is 0 Å². The fourth-order valence-corrected chi connectivity index (χ4v) is 2.70. The van der Waals surface area contributed by atoms with Gasteiger partial charge in [-0.3, -0.25) is 14.8 Å². The second-order valence-electron chi connectivity index (χ2n) is 5.03. The van der Waals surface area contributed by atoms with Gasteiger partial charge in [-0.25, -0.2) is 9.67 Å². The van der Waals surface area contributed by atoms with Crippen molar-refractivity contribution < 1.29 is 4.79 Å². The molecule has 0 saturated heterocycles. The van der Waals surface area contributed by atoms with Crippen molar-refractivity contribution in [2.24, 2.45) is 0 Å². The number of carbonyl (C=O) groups is 1. The van der Waals surface area contributed by atoms with Crippen LogP contribution >= 0.6 is 27.5 Å². The van der Waals surface area contributed by atoms with Crippen LogP contribution in [0.5, 0.6) is 0 Å². The number of aryl methyl sites for hydroxylation is 1. The highest BCUT2D eigenvalue weighted by molar-refractivity contribution is 9.10. The first kappa shape index (κ1) is 16.7. The molecule has 0 saturated carbocycles. The maximum atomic E-state index is 12.2. The first-order valence-electron chi connectivity index (χ1n) is 7.23. The van der Waals surface area contributed by atoms with E-state index in [1.165, 1.54) is 0 Å². The van der Waals surface area contributed by atoms with Crippen LogP contribution in [-0.4, -0.2) is 30.5 Å². The standard InChI is InChI=1S/C15H14BrClN6O/c1-2-22-8-12(16)13(20-22)14(24)19-15-18-9-23(21-15)7-10-3-5-11(17)6-4-10/h3-6,8-9H,2,7H2,1H3,(H,19,21,24). The van der Waals surface area contributed by atoms with E-state index in [2.05, 4.69) is 36.4 Å². The second kappa shape index (κ2) is 7.14. The molecule has 0 spiro atoms. The van der Waals surface area contributed by atoms with E-state index in [4.69, 9.17) is 11.6 Å². The third-order valence-corrected chi connectivity index (χ3v) is 4.11. The van der Waals surface area contributed by atoms with Crippen molar-refractivity contribution in [1.29, 1.82) is 0 Å². The number of aromatic nitrogens is 5. The molecule has 0 atom stereocenters. The highest BCUT2D eigenvalue weighted by Gasteiger charge is 2.16. The number of hydrogen-bond donors (Lipinski definition) is 1. The summed E-state index contributed by atoms with van der Waals surface area (Å²) in [5, 5.41) is 11.8. The summed E-state index contributed by atoms with van der Waals surface area (Å²) in [5.74, 6) is -0.134. The molecule has 0 unspecified atom stereocenters. The van der Waals surface area contributed by atoms with Gasteiger partial charge in [0.2, 0.25) is 5.95 Å². The molecule has 1 aromatic carbocycles. The largest absolute Gasteiger partial charge is 0.288 e. The average molecular weight is 410 g/mol. The molecule has 9 heteroatoms. The number of hydrogen-bond acceptors (Lipinski definition) is 4. The zero-order chi connectivity index (χ0) is 17.1. The molecule has 0 radical (unpaired) electrons. The molecule has 3 rings (SSSR count). The molecule has 0 aliphatic carbocycles. The van der Waals surface area contributed by atoms with Crippen molar-refractivity contribution >= 4 is 39.4 Å². The first-order chi connectivity index (χ1) is 11.5. The highest BCUT2D eigenvalue weighted by Crippen LogP contribution is 2.16. The first-order valence-corrected chi connectivity index (χ1v) is 8.40. The summed E-state index contributed by atoms with van der Waals surface area (Å²) in [6.45, 7) is 3.16. The van der Waals surface area contributed by atoms with Gasteiger partial charge in [0, 0.05) is 17.8 Å². The molecule has 2 aromatic heterocycles. The summed E-state index contributed by atoms with van der Waals surface area (Å²) in [6, 6.07) is 7.46. The molecular weight excluding hydrogens is 396 g/mol. The molecule has 0 aliphatic rings. The topological polar surface area (TPSA) is 77.6 Å². The Morgan fingerprint density at radius 1 is 1.25 bits per heavy atom. The van der Waals surface area contributed by atoms with Crippen LogP contribution in [0.2, 0.25) is 5.02 Å². The fourth-order valence-electron chi connectivity index (χ4n) is 2.08. The lowest BCUT2D eigenvalue weighted by molar-refractivity contribution is 0.102. The average Bonchev–Trinajstić information content (AvgIpc) is 3.16. The van der Waals surface area contributed by atoms with Gasteiger partial charge in [0.1, 0.15) is 6.33 Å². The molecular formula is C15H14BrClN6O. The van der Waals surface area contributed by atoms with Crippen LogP contribution in [0.3, 0.4) is 0 Å². The van der Waals surface area contributed by atoms with Gasteiger partial charge in [0.25, 0.3) is 5.91 Å². The number of anilines is 1. The van der Waals surface area contributed by atoms with E-state index in [1.54, 1.807) is 21.9 Å². The fraction of sp³-hybridized carbons (Fsp3) is 0.200. The number of amides is 1. The van der Waals surface area contributed by atoms with Crippen LogP contribution in [-0.2, 0) is 13.1 Å². The summed E-state index contributed by atoms with van der Waals surface area (Å²) in [7, 11) is 0. The minimum absolute atomic E-state index is 0.229. The number of carbonyl (C=O) groups excluding carboxylic acids is 1. The molecule has 0 fully saturated rings. The van der Waals surface area contributed by atoms with Crippen molar-refractivity contribution in [3.8, 4) is 0 Å². The van der Waals surface area contributed by atoms with Gasteiger partial charge in [-0.2, -0.15) is 5.10 Å². The van der Waals surface area contributed by atoms with E-state index in [0.29, 0.717) is 28.3 Å². The van der Waals surface area contributed by atoms with Crippen LogP contribution in [0.4, 0.5) is 5.95 Å². The lowest BCUT2D eigenvalue weighted by Crippen LogP contribution is -2.15. The van der Waals surface area contributed by atoms with E-state index in [-0.39, 0.29) is 11.9 Å². The number of nitrogens with one attached hydrogen (secondary N) is 1. The summed E-state index contributed by atoms with van der Waals surface area (Å²) >= 11 is 9.19. The Kier molecular flexibility index (Phi) is 4.96. The van der Waals surface area contributed by atoms with Gasteiger partial charge in [0.15, 0.2) is 5.69 Å². The summed E-state index contributed by atoms with van der Waals surface area (Å²) in [6.07, 6.45) is 3.31. The number of rotatable bonds is 5. The normalized spacial score (nSPS) is 10.8. The summed E-state index contributed by atoms with van der Waals surface area (Å²) < 4.78 is 3.94. The monoisotopic (exact) mass is 408 g/mol. The number of nitrogens with zero attached hydrogens (tertiary/aromatic N) is 5. The summed E-state index contributed by atoms with van der Waals surface area (Å²) in [4.78, 5) is 16.3. The molecule has 1 amide bonds. The van der Waals surface area contributed by atoms with Gasteiger partial charge < -0.3 is 0 Å². The third kappa shape index (κ3) is 3.82. The predicted octanol–water partition coefficient (Wildman–Crippen LogP) is 3.21. The van der Waals surface area contributed by atoms with Crippen LogP contribution in [0, 0.1) is 0 Å². The quantitative estimate of drug-likeness (QED) is 0.702. The van der Waals surface area contributed by atoms with Gasteiger partial charge in [-0.05, 0) is 40.5 Å². The Bertz CT molecular complexity index is 857. The Morgan fingerprint density at radius 3 is 2.67 bits per heavy atom. The second-order valence-corrected chi connectivity index (χ2v) is 6.32. The van der Waals surface area contributed by atoms with E-state index >= 15 is 0 Å². The Hall–Kier alpha value is -2.19. The number of benzene rings is 1.